The first kappa shape index (κ1) is 45.6. The first-order valence-corrected chi connectivity index (χ1v) is 22.8. The van der Waals surface area contributed by atoms with Gasteiger partial charge in [-0.25, -0.2) is 0 Å². The van der Waals surface area contributed by atoms with E-state index in [-0.39, 0.29) is 53.7 Å². The molecule has 2 spiro atoms. The van der Waals surface area contributed by atoms with Gasteiger partial charge in [-0.1, -0.05) is 61.5 Å². The third-order valence-electron chi connectivity index (χ3n) is 15.7. The van der Waals surface area contributed by atoms with Gasteiger partial charge in [-0.2, -0.15) is 0 Å². The van der Waals surface area contributed by atoms with Gasteiger partial charge in [0.1, 0.15) is 11.8 Å². The minimum atomic E-state index is -1.25. The second kappa shape index (κ2) is 17.4. The summed E-state index contributed by atoms with van der Waals surface area (Å²) in [5, 5.41) is 36.1. The van der Waals surface area contributed by atoms with E-state index in [0.717, 1.165) is 19.3 Å². The Labute approximate surface area is 346 Å². The Morgan fingerprint density at radius 1 is 0.862 bits per heavy atom. The molecule has 18 atom stereocenters. The lowest BCUT2D eigenvalue weighted by Gasteiger charge is -2.55. The third-order valence-corrected chi connectivity index (χ3v) is 15.7. The summed E-state index contributed by atoms with van der Waals surface area (Å²) in [6.45, 7) is 19.8. The Balaban J connectivity index is 1.22. The normalized spacial score (nSPS) is 44.4. The van der Waals surface area contributed by atoms with Crippen molar-refractivity contribution in [1.82, 2.24) is 5.32 Å². The number of ether oxygens (including phenoxy) is 5. The number of aliphatic hydroxyl groups is 2. The zero-order chi connectivity index (χ0) is 42.5. The zero-order valence-corrected chi connectivity index (χ0v) is 36.9. The number of amides is 1. The number of ketones is 1. The van der Waals surface area contributed by atoms with E-state index < -0.39 is 76.8 Å². The number of nitrogens with one attached hydrogen (secondary N) is 1. The number of carbonyl (C=O) groups is 3. The van der Waals surface area contributed by atoms with Crippen LogP contribution in [0.2, 0.25) is 0 Å². The van der Waals surface area contributed by atoms with Gasteiger partial charge < -0.3 is 44.3 Å². The van der Waals surface area contributed by atoms with Crippen LogP contribution in [-0.4, -0.2) is 98.4 Å². The van der Waals surface area contributed by atoms with Crippen LogP contribution in [-0.2, 0) is 38.1 Å². The number of carboxylic acid groups (broad SMARTS) is 1. The molecule has 1 amide bonds. The molecule has 0 bridgehead atoms. The summed E-state index contributed by atoms with van der Waals surface area (Å²) >= 11 is 0. The number of hydrogen-bond donors (Lipinski definition) is 4. The van der Waals surface area contributed by atoms with Crippen molar-refractivity contribution < 1.29 is 53.4 Å². The van der Waals surface area contributed by atoms with Crippen LogP contribution in [0.15, 0.2) is 12.2 Å². The summed E-state index contributed by atoms with van der Waals surface area (Å²) in [6.07, 6.45) is 8.70. The van der Waals surface area contributed by atoms with Crippen molar-refractivity contribution in [3.63, 3.8) is 0 Å². The van der Waals surface area contributed by atoms with E-state index in [0.29, 0.717) is 57.8 Å². The average Bonchev–Trinajstić information content (AvgIpc) is 3.99. The molecule has 5 aliphatic heterocycles. The molecular formula is C46H75NO11. The van der Waals surface area contributed by atoms with Gasteiger partial charge >= 0.3 is 5.97 Å². The molecule has 5 fully saturated rings. The summed E-state index contributed by atoms with van der Waals surface area (Å²) in [6, 6.07) is -0.567. The summed E-state index contributed by atoms with van der Waals surface area (Å²) in [4.78, 5) is 39.9. The quantitative estimate of drug-likeness (QED) is 0.137. The van der Waals surface area contributed by atoms with Crippen molar-refractivity contribution >= 4 is 17.7 Å². The highest BCUT2D eigenvalue weighted by Gasteiger charge is 2.63. The predicted octanol–water partition coefficient (Wildman–Crippen LogP) is 6.72. The minimum Gasteiger partial charge on any atom is -0.481 e. The molecule has 4 saturated heterocycles. The second-order valence-corrected chi connectivity index (χ2v) is 19.7. The number of Topliss-reactive ketones (excluding diaryl/α,β-unsaturated/α-hetero) is 1. The van der Waals surface area contributed by atoms with Crippen LogP contribution in [0.1, 0.15) is 146 Å². The van der Waals surface area contributed by atoms with Crippen LogP contribution in [0.5, 0.6) is 0 Å². The minimum absolute atomic E-state index is 0.00481. The number of aliphatic carboxylic acids is 1. The number of rotatable bonds is 14. The van der Waals surface area contributed by atoms with Gasteiger partial charge in [0, 0.05) is 36.0 Å². The zero-order valence-electron chi connectivity index (χ0n) is 36.9. The molecule has 0 aromatic rings. The Hall–Kier alpha value is -1.93. The lowest BCUT2D eigenvalue weighted by atomic mass is 9.72. The molecule has 0 aromatic carbocycles. The van der Waals surface area contributed by atoms with Gasteiger partial charge in [0.2, 0.25) is 5.91 Å². The maximum atomic E-state index is 14.6. The predicted molar refractivity (Wildman–Crippen MR) is 217 cm³/mol. The van der Waals surface area contributed by atoms with Crippen molar-refractivity contribution in [2.45, 2.75) is 212 Å². The maximum Gasteiger partial charge on any atom is 0.309 e. The summed E-state index contributed by atoms with van der Waals surface area (Å²) in [5.74, 6) is -5.74. The Morgan fingerprint density at radius 2 is 1.55 bits per heavy atom. The largest absolute Gasteiger partial charge is 0.481 e. The molecule has 1 saturated carbocycles. The van der Waals surface area contributed by atoms with E-state index in [4.69, 9.17) is 23.7 Å². The molecule has 12 nitrogen and oxygen atoms in total. The van der Waals surface area contributed by atoms with Crippen molar-refractivity contribution in [1.29, 1.82) is 0 Å². The van der Waals surface area contributed by atoms with Crippen molar-refractivity contribution in [3.05, 3.63) is 12.2 Å². The number of aliphatic hydroxyl groups excluding tert-OH is 1. The van der Waals surface area contributed by atoms with Gasteiger partial charge in [-0.15, -0.1) is 0 Å². The van der Waals surface area contributed by atoms with Crippen LogP contribution in [0, 0.1) is 47.3 Å². The van der Waals surface area contributed by atoms with E-state index in [1.54, 1.807) is 6.92 Å². The summed E-state index contributed by atoms with van der Waals surface area (Å²) in [5.41, 5.74) is -1.64. The third kappa shape index (κ3) is 8.60. The van der Waals surface area contributed by atoms with E-state index in [9.17, 15) is 29.7 Å². The van der Waals surface area contributed by atoms with Gasteiger partial charge in [0.15, 0.2) is 11.6 Å². The van der Waals surface area contributed by atoms with Crippen LogP contribution >= 0.6 is 0 Å². The first-order valence-electron chi connectivity index (χ1n) is 22.8. The fraction of sp³-hybridized carbons (Fsp3) is 0.891. The van der Waals surface area contributed by atoms with Crippen LogP contribution in [0.4, 0.5) is 0 Å². The Kier molecular flexibility index (Phi) is 13.7. The lowest BCUT2D eigenvalue weighted by molar-refractivity contribution is -0.398. The van der Waals surface area contributed by atoms with E-state index in [1.807, 2.05) is 53.7 Å². The molecule has 1 aliphatic carbocycles. The SMILES string of the molecule is CC[C@@H](C(=O)[C@@H](C)[C@@H](O)[C@H](C)[C@@H]1O[C@@H]([C@@H](CC)C(=O)O)CC[C@@H]1C)[C@H]1O[C@]2(C=C[C@H](NC(=O)C3CC3)[C@]3(CC[C@@](C)([C@H]4CC[C@](O)(CC)[C@H](C)O4)O3)O2)[C@H](C)C[C@@H]1C. The van der Waals surface area contributed by atoms with E-state index in [2.05, 4.69) is 26.1 Å². The molecule has 4 N–H and O–H groups in total. The highest BCUT2D eigenvalue weighted by Crippen LogP contribution is 2.54. The van der Waals surface area contributed by atoms with Crippen molar-refractivity contribution in [2.75, 3.05) is 0 Å². The van der Waals surface area contributed by atoms with Gasteiger partial charge in [0.05, 0.1) is 53.7 Å². The van der Waals surface area contributed by atoms with E-state index in [1.165, 1.54) is 0 Å². The van der Waals surface area contributed by atoms with Gasteiger partial charge in [-0.05, 0) is 102 Å². The van der Waals surface area contributed by atoms with Gasteiger partial charge in [0.25, 0.3) is 0 Å². The molecule has 0 unspecified atom stereocenters. The summed E-state index contributed by atoms with van der Waals surface area (Å²) in [7, 11) is 0. The molecule has 6 aliphatic rings. The maximum absolute atomic E-state index is 14.6. The number of carboxylic acids is 1. The molecule has 0 aromatic heterocycles. The van der Waals surface area contributed by atoms with Gasteiger partial charge in [-0.3, -0.25) is 14.4 Å². The standard InChI is InChI=1S/C46H75NO11/c1-11-32(42(51)52)34-17-14-25(4)39(55-34)29(8)37(48)28(7)38(49)33(12-2)40-26(5)24-27(6)45(56-40)21-18-35(47-41(50)31-15-16-31)46(58-45)23-22-43(10,57-46)36-19-20-44(53,13-3)30(9)54-36/h18,21,25-37,39-40,48,53H,11-17,19-20,22-24H2,1-10H3,(H,47,50)(H,51,52)/t25-,26-,27+,28-,29-,30-,32+,33-,34+,35-,36+,37+,39+,40-,43-,44+,45-,46-/m0/s1. The Morgan fingerprint density at radius 3 is 2.16 bits per heavy atom. The molecule has 6 rings (SSSR count). The lowest BCUT2D eigenvalue weighted by Crippen LogP contribution is -2.66. The molecule has 5 heterocycles. The smallest absolute Gasteiger partial charge is 0.309 e. The molecule has 330 valence electrons. The number of carbonyl (C=O) groups excluding carboxylic acids is 2. The van der Waals surface area contributed by atoms with Crippen molar-refractivity contribution in [3.8, 4) is 0 Å². The first-order chi connectivity index (χ1) is 27.3. The Bertz CT molecular complexity index is 1520. The van der Waals surface area contributed by atoms with Crippen LogP contribution in [0.3, 0.4) is 0 Å². The van der Waals surface area contributed by atoms with Crippen LogP contribution < -0.4 is 5.32 Å². The fourth-order valence-corrected chi connectivity index (χ4v) is 11.3. The molecular weight excluding hydrogens is 743 g/mol. The van der Waals surface area contributed by atoms with Crippen LogP contribution in [0.25, 0.3) is 0 Å². The van der Waals surface area contributed by atoms with Crippen molar-refractivity contribution in [2.24, 2.45) is 47.3 Å². The topological polar surface area (TPSA) is 170 Å². The fourth-order valence-electron chi connectivity index (χ4n) is 11.3. The molecule has 58 heavy (non-hydrogen) atoms. The highest BCUT2D eigenvalue weighted by molar-refractivity contribution is 5.84. The highest BCUT2D eigenvalue weighted by atomic mass is 16.8. The van der Waals surface area contributed by atoms with E-state index >= 15 is 0 Å². The molecule has 0 radical (unpaired) electrons. The summed E-state index contributed by atoms with van der Waals surface area (Å²) < 4.78 is 34.5. The number of hydrogen-bond acceptors (Lipinski definition) is 10. The molecule has 12 heteroatoms. The average molecular weight is 818 g/mol. The second-order valence-electron chi connectivity index (χ2n) is 19.7. The monoisotopic (exact) mass is 818 g/mol.